The number of fused-ring (bicyclic) bond motifs is 1. The largest absolute Gasteiger partial charge is 0.469 e. The third-order valence-corrected chi connectivity index (χ3v) is 9.64. The first-order valence-corrected chi connectivity index (χ1v) is 15.9. The number of carbonyl (C=O) groups excluding carboxylic acids is 2. The summed E-state index contributed by atoms with van der Waals surface area (Å²) < 4.78 is 12.4. The van der Waals surface area contributed by atoms with Gasteiger partial charge in [0.05, 0.1) is 44.0 Å². The molecule has 0 bridgehead atoms. The van der Waals surface area contributed by atoms with Gasteiger partial charge in [-0.2, -0.15) is 0 Å². The minimum atomic E-state index is -0.258. The van der Waals surface area contributed by atoms with Crippen LogP contribution in [0.2, 0.25) is 0 Å². The molecule has 3 aliphatic rings. The maximum Gasteiger partial charge on any atom is 0.309 e. The van der Waals surface area contributed by atoms with Crippen molar-refractivity contribution in [2.45, 2.75) is 100 Å². The van der Waals surface area contributed by atoms with E-state index in [0.717, 1.165) is 41.4 Å². The molecule has 1 aromatic carbocycles. The van der Waals surface area contributed by atoms with E-state index < -0.39 is 0 Å². The van der Waals surface area contributed by atoms with Crippen molar-refractivity contribution in [3.05, 3.63) is 57.0 Å². The van der Waals surface area contributed by atoms with E-state index in [9.17, 15) is 14.4 Å². The van der Waals surface area contributed by atoms with E-state index in [2.05, 4.69) is 5.32 Å². The highest BCUT2D eigenvalue weighted by Crippen LogP contribution is 2.33. The molecule has 2 fully saturated rings. The molecular weight excluding hydrogens is 576 g/mol. The third kappa shape index (κ3) is 8.58. The van der Waals surface area contributed by atoms with Crippen LogP contribution in [-0.4, -0.2) is 64.5 Å². The third-order valence-electron chi connectivity index (χ3n) is 8.31. The molecule has 1 amide bonds. The lowest BCUT2D eigenvalue weighted by atomic mass is 10.0. The van der Waals surface area contributed by atoms with Crippen LogP contribution in [0.4, 0.5) is 0 Å². The summed E-state index contributed by atoms with van der Waals surface area (Å²) in [6, 6.07) is 7.79. The quantitative estimate of drug-likeness (QED) is 0.229. The Hall–Kier alpha value is -2.40. The smallest absolute Gasteiger partial charge is 0.309 e. The molecule has 42 heavy (non-hydrogen) atoms. The number of hydrogen-bond donors (Lipinski definition) is 1. The Morgan fingerprint density at radius 1 is 1.10 bits per heavy atom. The number of ether oxygens (including phenoxy) is 2. The Morgan fingerprint density at radius 3 is 2.57 bits per heavy atom. The molecule has 2 aliphatic heterocycles. The van der Waals surface area contributed by atoms with Crippen molar-refractivity contribution in [3.63, 3.8) is 0 Å². The van der Waals surface area contributed by atoms with Gasteiger partial charge in [-0.05, 0) is 36.8 Å². The van der Waals surface area contributed by atoms with Gasteiger partial charge in [-0.15, -0.1) is 12.4 Å². The molecule has 1 N–H and O–H groups in total. The Labute approximate surface area is 258 Å². The van der Waals surface area contributed by atoms with E-state index in [1.54, 1.807) is 16.7 Å². The standard InChI is InChI=1S/C31H42N4O5S.ClH/c1-39-29(37)18-22-9-11-23(12-10-22)19-32-15-13-28(36)34-16-14-27-26(21-34)30(38)35(20-24-6-5-17-40-24)31(33-27)41-25-7-3-2-4-8-25;/h9-12,24-25,32H,2-8,13-21H2,1H3;1H/t24-;/m1./s1. The van der Waals surface area contributed by atoms with Crippen molar-refractivity contribution < 1.29 is 19.1 Å². The van der Waals surface area contributed by atoms with E-state index in [4.69, 9.17) is 14.5 Å². The van der Waals surface area contributed by atoms with Gasteiger partial charge in [-0.3, -0.25) is 19.0 Å². The van der Waals surface area contributed by atoms with Crippen LogP contribution in [0.15, 0.2) is 34.2 Å². The zero-order valence-electron chi connectivity index (χ0n) is 24.5. The first-order valence-electron chi connectivity index (χ1n) is 15.0. The van der Waals surface area contributed by atoms with Crippen LogP contribution in [0.3, 0.4) is 0 Å². The van der Waals surface area contributed by atoms with Crippen molar-refractivity contribution in [1.82, 2.24) is 19.8 Å². The number of halogens is 1. The number of thioether (sulfide) groups is 1. The van der Waals surface area contributed by atoms with Crippen LogP contribution >= 0.6 is 24.2 Å². The molecule has 9 nitrogen and oxygen atoms in total. The predicted octanol–water partition coefficient (Wildman–Crippen LogP) is 4.05. The van der Waals surface area contributed by atoms with Crippen molar-refractivity contribution in [2.24, 2.45) is 0 Å². The Morgan fingerprint density at radius 2 is 1.86 bits per heavy atom. The fraction of sp³-hybridized carbons (Fsp3) is 0.613. The van der Waals surface area contributed by atoms with Gasteiger partial charge in [-0.25, -0.2) is 4.98 Å². The molecule has 0 unspecified atom stereocenters. The summed E-state index contributed by atoms with van der Waals surface area (Å²) in [6.07, 6.45) is 9.41. The van der Waals surface area contributed by atoms with Crippen LogP contribution in [0.25, 0.3) is 0 Å². The summed E-state index contributed by atoms with van der Waals surface area (Å²) in [7, 11) is 1.39. The predicted molar refractivity (Wildman–Crippen MR) is 165 cm³/mol. The van der Waals surface area contributed by atoms with Gasteiger partial charge in [0, 0.05) is 44.3 Å². The van der Waals surface area contributed by atoms with Crippen LogP contribution in [0.5, 0.6) is 0 Å². The average molecular weight is 619 g/mol. The fourth-order valence-corrected chi connectivity index (χ4v) is 7.20. The molecule has 230 valence electrons. The summed E-state index contributed by atoms with van der Waals surface area (Å²) in [5, 5.41) is 4.68. The summed E-state index contributed by atoms with van der Waals surface area (Å²) in [4.78, 5) is 45.2. The molecule has 1 aliphatic carbocycles. The highest BCUT2D eigenvalue weighted by molar-refractivity contribution is 7.99. The fourth-order valence-electron chi connectivity index (χ4n) is 5.88. The average Bonchev–Trinajstić information content (AvgIpc) is 3.52. The van der Waals surface area contributed by atoms with E-state index in [-0.39, 0.29) is 42.4 Å². The number of methoxy groups -OCH3 is 1. The summed E-state index contributed by atoms with van der Waals surface area (Å²) in [5.74, 6) is -0.215. The first kappa shape index (κ1) is 32.5. The highest BCUT2D eigenvalue weighted by atomic mass is 35.5. The zero-order chi connectivity index (χ0) is 28.6. The number of nitrogens with zero attached hydrogens (tertiary/aromatic N) is 3. The zero-order valence-corrected chi connectivity index (χ0v) is 26.1. The Balaban J connectivity index is 0.00000405. The normalized spacial score (nSPS) is 18.8. The highest BCUT2D eigenvalue weighted by Gasteiger charge is 2.29. The number of carbonyl (C=O) groups is 2. The molecule has 0 radical (unpaired) electrons. The Bertz CT molecular complexity index is 1260. The van der Waals surface area contributed by atoms with Crippen LogP contribution in [0, 0.1) is 0 Å². The maximum absolute atomic E-state index is 13.8. The number of hydrogen-bond acceptors (Lipinski definition) is 8. The summed E-state index contributed by atoms with van der Waals surface area (Å²) in [5.41, 5.74) is 3.50. The van der Waals surface area contributed by atoms with Crippen molar-refractivity contribution >= 4 is 36.0 Å². The molecule has 1 aromatic heterocycles. The number of amides is 1. The van der Waals surface area contributed by atoms with Gasteiger partial charge in [0.1, 0.15) is 0 Å². The molecule has 3 heterocycles. The lowest BCUT2D eigenvalue weighted by Crippen LogP contribution is -2.42. The van der Waals surface area contributed by atoms with Crippen LogP contribution in [-0.2, 0) is 51.5 Å². The van der Waals surface area contributed by atoms with Gasteiger partial charge in [0.25, 0.3) is 5.56 Å². The maximum atomic E-state index is 13.8. The topological polar surface area (TPSA) is 103 Å². The Kier molecular flexibility index (Phi) is 12.3. The SMILES string of the molecule is COC(=O)Cc1ccc(CNCCC(=O)N2CCc3nc(SC4CCCCC4)n(C[C@H]4CCCO4)c(=O)c3C2)cc1.Cl. The molecule has 1 saturated heterocycles. The van der Waals surface area contributed by atoms with E-state index in [1.807, 2.05) is 28.8 Å². The van der Waals surface area contributed by atoms with E-state index in [0.29, 0.717) is 56.4 Å². The number of esters is 1. The number of aromatic nitrogens is 2. The number of benzene rings is 1. The van der Waals surface area contributed by atoms with Gasteiger partial charge in [0.15, 0.2) is 5.16 Å². The van der Waals surface area contributed by atoms with E-state index in [1.165, 1.54) is 39.2 Å². The lowest BCUT2D eigenvalue weighted by Gasteiger charge is -2.30. The van der Waals surface area contributed by atoms with Gasteiger partial charge in [-0.1, -0.05) is 55.3 Å². The lowest BCUT2D eigenvalue weighted by molar-refractivity contribution is -0.139. The van der Waals surface area contributed by atoms with Crippen molar-refractivity contribution in [3.8, 4) is 0 Å². The molecule has 1 saturated carbocycles. The molecular formula is C31H43ClN4O5S. The van der Waals surface area contributed by atoms with Gasteiger partial charge in [0.2, 0.25) is 5.91 Å². The number of rotatable bonds is 11. The first-order chi connectivity index (χ1) is 20.0. The summed E-state index contributed by atoms with van der Waals surface area (Å²) >= 11 is 1.77. The van der Waals surface area contributed by atoms with Gasteiger partial charge >= 0.3 is 5.97 Å². The van der Waals surface area contributed by atoms with Crippen LogP contribution in [0.1, 0.15) is 73.8 Å². The second-order valence-corrected chi connectivity index (χ2v) is 12.6. The second kappa shape index (κ2) is 15.9. The molecule has 0 spiro atoms. The second-order valence-electron chi connectivity index (χ2n) is 11.3. The molecule has 5 rings (SSSR count). The number of nitrogens with one attached hydrogen (secondary N) is 1. The van der Waals surface area contributed by atoms with E-state index >= 15 is 0 Å². The van der Waals surface area contributed by atoms with Crippen molar-refractivity contribution in [1.29, 1.82) is 0 Å². The van der Waals surface area contributed by atoms with Crippen LogP contribution < -0.4 is 10.9 Å². The summed E-state index contributed by atoms with van der Waals surface area (Å²) in [6.45, 7) is 3.37. The minimum Gasteiger partial charge on any atom is -0.469 e. The molecule has 2 aromatic rings. The molecule has 11 heteroatoms. The minimum absolute atomic E-state index is 0. The monoisotopic (exact) mass is 618 g/mol. The molecule has 1 atom stereocenters. The van der Waals surface area contributed by atoms with Gasteiger partial charge < -0.3 is 19.7 Å². The van der Waals surface area contributed by atoms with Crippen molar-refractivity contribution in [2.75, 3.05) is 26.8 Å².